The topological polar surface area (TPSA) is 79.9 Å². The number of carbonyl (C=O) groups is 2. The molecule has 0 bridgehead atoms. The molecule has 120 valence electrons. The third-order valence-corrected chi connectivity index (χ3v) is 3.25. The number of alkyl carbamates (subject to hydrolysis) is 1. The summed E-state index contributed by atoms with van der Waals surface area (Å²) in [6.07, 6.45) is 1.47. The van der Waals surface area contributed by atoms with Crippen molar-refractivity contribution in [2.24, 2.45) is 5.92 Å². The number of amides is 2. The minimum absolute atomic E-state index is 0.182. The number of carbonyl (C=O) groups excluding carboxylic acids is 2. The molecule has 7 nitrogen and oxygen atoms in total. The van der Waals surface area contributed by atoms with E-state index >= 15 is 0 Å². The van der Waals surface area contributed by atoms with Crippen LogP contribution in [0.3, 0.4) is 0 Å². The van der Waals surface area contributed by atoms with Crippen LogP contribution in [0.25, 0.3) is 0 Å². The SMILES string of the molecule is CC(C)(C)OC(=O)N(CNCC1CNC(=O)O1)CC1CC1. The first-order valence-corrected chi connectivity index (χ1v) is 7.46. The molecule has 1 aliphatic heterocycles. The first-order chi connectivity index (χ1) is 9.83. The van der Waals surface area contributed by atoms with Crippen LogP contribution in [0.15, 0.2) is 0 Å². The Kier molecular flexibility index (Phi) is 4.92. The van der Waals surface area contributed by atoms with Crippen molar-refractivity contribution in [3.8, 4) is 0 Å². The van der Waals surface area contributed by atoms with E-state index in [-0.39, 0.29) is 18.3 Å². The van der Waals surface area contributed by atoms with Crippen LogP contribution in [0.4, 0.5) is 9.59 Å². The average Bonchev–Trinajstić information content (AvgIpc) is 3.08. The quantitative estimate of drug-likeness (QED) is 0.722. The molecule has 1 aliphatic carbocycles. The van der Waals surface area contributed by atoms with Crippen LogP contribution in [0.2, 0.25) is 0 Å². The molecular weight excluding hydrogens is 274 g/mol. The molecule has 1 unspecified atom stereocenters. The molecule has 1 atom stereocenters. The minimum Gasteiger partial charge on any atom is -0.444 e. The zero-order valence-electron chi connectivity index (χ0n) is 13.0. The second-order valence-corrected chi connectivity index (χ2v) is 6.67. The zero-order chi connectivity index (χ0) is 15.5. The van der Waals surface area contributed by atoms with Gasteiger partial charge in [0.05, 0.1) is 13.2 Å². The Morgan fingerprint density at radius 3 is 2.71 bits per heavy atom. The number of hydrogen-bond donors (Lipinski definition) is 2. The Morgan fingerprint density at radius 1 is 1.48 bits per heavy atom. The van der Waals surface area contributed by atoms with Crippen LogP contribution in [-0.4, -0.2) is 55.1 Å². The summed E-state index contributed by atoms with van der Waals surface area (Å²) in [5, 5.41) is 5.75. The summed E-state index contributed by atoms with van der Waals surface area (Å²) >= 11 is 0. The number of ether oxygens (including phenoxy) is 2. The molecule has 0 spiro atoms. The molecule has 7 heteroatoms. The van der Waals surface area contributed by atoms with Gasteiger partial charge in [0.15, 0.2) is 0 Å². The van der Waals surface area contributed by atoms with Crippen LogP contribution in [0, 0.1) is 5.92 Å². The number of cyclic esters (lactones) is 1. The van der Waals surface area contributed by atoms with Gasteiger partial charge < -0.3 is 14.8 Å². The summed E-state index contributed by atoms with van der Waals surface area (Å²) in [5.41, 5.74) is -0.496. The Balaban J connectivity index is 1.75. The second-order valence-electron chi connectivity index (χ2n) is 6.67. The van der Waals surface area contributed by atoms with Crippen molar-refractivity contribution in [3.63, 3.8) is 0 Å². The monoisotopic (exact) mass is 299 g/mol. The van der Waals surface area contributed by atoms with Crippen molar-refractivity contribution >= 4 is 12.2 Å². The van der Waals surface area contributed by atoms with E-state index in [1.54, 1.807) is 4.90 Å². The fourth-order valence-corrected chi connectivity index (χ4v) is 2.05. The number of hydrogen-bond acceptors (Lipinski definition) is 5. The van der Waals surface area contributed by atoms with E-state index in [2.05, 4.69) is 10.6 Å². The maximum absolute atomic E-state index is 12.2. The van der Waals surface area contributed by atoms with Gasteiger partial charge >= 0.3 is 12.2 Å². The molecule has 0 aromatic rings. The Morgan fingerprint density at radius 2 is 2.19 bits per heavy atom. The van der Waals surface area contributed by atoms with Crippen molar-refractivity contribution in [2.75, 3.05) is 26.3 Å². The van der Waals surface area contributed by atoms with E-state index in [1.807, 2.05) is 20.8 Å². The van der Waals surface area contributed by atoms with Gasteiger partial charge in [-0.3, -0.25) is 10.2 Å². The highest BCUT2D eigenvalue weighted by Crippen LogP contribution is 2.30. The molecule has 0 radical (unpaired) electrons. The van der Waals surface area contributed by atoms with Crippen molar-refractivity contribution in [3.05, 3.63) is 0 Å². The van der Waals surface area contributed by atoms with Crippen molar-refractivity contribution in [1.29, 1.82) is 0 Å². The van der Waals surface area contributed by atoms with Crippen LogP contribution in [-0.2, 0) is 9.47 Å². The summed E-state index contributed by atoms with van der Waals surface area (Å²) in [7, 11) is 0. The van der Waals surface area contributed by atoms with Crippen LogP contribution >= 0.6 is 0 Å². The Hall–Kier alpha value is -1.50. The molecule has 21 heavy (non-hydrogen) atoms. The molecule has 2 aliphatic rings. The molecule has 2 amide bonds. The van der Waals surface area contributed by atoms with Gasteiger partial charge in [0.2, 0.25) is 0 Å². The van der Waals surface area contributed by atoms with Gasteiger partial charge in [0.1, 0.15) is 11.7 Å². The van der Waals surface area contributed by atoms with Crippen LogP contribution in [0.5, 0.6) is 0 Å². The van der Waals surface area contributed by atoms with E-state index in [1.165, 1.54) is 12.8 Å². The standard InChI is InChI=1S/C14H25N3O4/c1-14(2,3)21-13(19)17(8-10-4-5-10)9-15-6-11-7-16-12(18)20-11/h10-11,15H,4-9H2,1-3H3,(H,16,18). The first kappa shape index (κ1) is 15.9. The normalized spacial score (nSPS) is 21.7. The maximum Gasteiger partial charge on any atom is 0.411 e. The molecule has 1 heterocycles. The van der Waals surface area contributed by atoms with Gasteiger partial charge in [0, 0.05) is 13.1 Å². The lowest BCUT2D eigenvalue weighted by atomic mass is 10.2. The molecule has 0 aromatic carbocycles. The van der Waals surface area contributed by atoms with Gasteiger partial charge in [0.25, 0.3) is 0 Å². The summed E-state index contributed by atoms with van der Waals surface area (Å²) in [6.45, 7) is 7.71. The summed E-state index contributed by atoms with van der Waals surface area (Å²) in [4.78, 5) is 24.8. The third kappa shape index (κ3) is 5.79. The number of rotatable bonds is 6. The largest absolute Gasteiger partial charge is 0.444 e. The molecular formula is C14H25N3O4. The smallest absolute Gasteiger partial charge is 0.411 e. The highest BCUT2D eigenvalue weighted by molar-refractivity contribution is 5.69. The third-order valence-electron chi connectivity index (χ3n) is 3.25. The van der Waals surface area contributed by atoms with Crippen molar-refractivity contribution in [2.45, 2.75) is 45.3 Å². The van der Waals surface area contributed by atoms with Gasteiger partial charge in [-0.25, -0.2) is 9.59 Å². The molecule has 1 saturated heterocycles. The van der Waals surface area contributed by atoms with Crippen LogP contribution in [0.1, 0.15) is 33.6 Å². The first-order valence-electron chi connectivity index (χ1n) is 7.46. The van der Waals surface area contributed by atoms with Gasteiger partial charge in [-0.1, -0.05) is 0 Å². The fourth-order valence-electron chi connectivity index (χ4n) is 2.05. The lowest BCUT2D eigenvalue weighted by Gasteiger charge is -2.28. The molecule has 2 rings (SSSR count). The van der Waals surface area contributed by atoms with Crippen molar-refractivity contribution < 1.29 is 19.1 Å². The second kappa shape index (κ2) is 6.51. The van der Waals surface area contributed by atoms with E-state index < -0.39 is 5.60 Å². The lowest BCUT2D eigenvalue weighted by Crippen LogP contribution is -2.45. The summed E-state index contributed by atoms with van der Waals surface area (Å²) in [6, 6.07) is 0. The van der Waals surface area contributed by atoms with E-state index in [0.717, 1.165) is 0 Å². The Bertz CT molecular complexity index is 390. The molecule has 0 aromatic heterocycles. The van der Waals surface area contributed by atoms with Crippen molar-refractivity contribution in [1.82, 2.24) is 15.5 Å². The van der Waals surface area contributed by atoms with Gasteiger partial charge in [-0.15, -0.1) is 0 Å². The fraction of sp³-hybridized carbons (Fsp3) is 0.857. The summed E-state index contributed by atoms with van der Waals surface area (Å²) < 4.78 is 10.4. The highest BCUT2D eigenvalue weighted by Gasteiger charge is 2.30. The van der Waals surface area contributed by atoms with Gasteiger partial charge in [-0.2, -0.15) is 0 Å². The molecule has 1 saturated carbocycles. The minimum atomic E-state index is -0.496. The average molecular weight is 299 g/mol. The summed E-state index contributed by atoms with van der Waals surface area (Å²) in [5.74, 6) is 0.588. The molecule has 2 fully saturated rings. The number of nitrogens with zero attached hydrogens (tertiary/aromatic N) is 1. The zero-order valence-corrected chi connectivity index (χ0v) is 13.0. The van der Waals surface area contributed by atoms with E-state index in [0.29, 0.717) is 32.2 Å². The molecule has 2 N–H and O–H groups in total. The predicted molar refractivity (Wildman–Crippen MR) is 76.8 cm³/mol. The van der Waals surface area contributed by atoms with E-state index in [4.69, 9.17) is 9.47 Å². The lowest BCUT2D eigenvalue weighted by molar-refractivity contribution is 0.0218. The van der Waals surface area contributed by atoms with Crippen LogP contribution < -0.4 is 10.6 Å². The van der Waals surface area contributed by atoms with E-state index in [9.17, 15) is 9.59 Å². The number of nitrogens with one attached hydrogen (secondary N) is 2. The maximum atomic E-state index is 12.2. The highest BCUT2D eigenvalue weighted by atomic mass is 16.6. The van der Waals surface area contributed by atoms with Gasteiger partial charge in [-0.05, 0) is 39.5 Å². The Labute approximate surface area is 125 Å². The predicted octanol–water partition coefficient (Wildman–Crippen LogP) is 1.29.